The lowest BCUT2D eigenvalue weighted by Gasteiger charge is -2.41. The third-order valence-corrected chi connectivity index (χ3v) is 8.62. The van der Waals surface area contributed by atoms with Crippen LogP contribution >= 0.6 is 30.0 Å². The second-order valence-electron chi connectivity index (χ2n) is 6.43. The topological polar surface area (TPSA) is 24.9 Å². The molecule has 2 atom stereocenters. The average molecular weight is 421 g/mol. The highest BCUT2D eigenvalue weighted by molar-refractivity contribution is 8.76. The first-order chi connectivity index (χ1) is 12.7. The summed E-state index contributed by atoms with van der Waals surface area (Å²) in [6.45, 7) is 13.8. The normalized spacial score (nSPS) is 20.8. The number of hydrogen-bond donors (Lipinski definition) is 0. The third-order valence-electron chi connectivity index (χ3n) is 3.98. The van der Waals surface area contributed by atoms with Crippen LogP contribution in [0, 0.1) is 12.3 Å². The van der Waals surface area contributed by atoms with Crippen molar-refractivity contribution in [1.29, 1.82) is 0 Å². The van der Waals surface area contributed by atoms with E-state index < -0.39 is 8.45 Å². The Balaban J connectivity index is 2.94. The van der Waals surface area contributed by atoms with Gasteiger partial charge in [-0.2, -0.15) is 0 Å². The van der Waals surface area contributed by atoms with E-state index in [1.165, 1.54) is 0 Å². The van der Waals surface area contributed by atoms with E-state index in [4.69, 9.17) is 15.7 Å². The quantitative estimate of drug-likeness (QED) is 0.216. The number of terminal acetylenes is 1. The first kappa shape index (κ1) is 24.6. The Morgan fingerprint density at radius 3 is 1.77 bits per heavy atom. The maximum absolute atomic E-state index is 6.82. The van der Waals surface area contributed by atoms with Crippen LogP contribution in [0.1, 0.15) is 53.4 Å². The second kappa shape index (κ2) is 15.5. The predicted octanol–water partition coefficient (Wildman–Crippen LogP) is 5.26. The lowest BCUT2D eigenvalue weighted by Crippen LogP contribution is -2.41. The second-order valence-corrected chi connectivity index (χ2v) is 10.8. The van der Waals surface area contributed by atoms with Gasteiger partial charge in [-0.3, -0.25) is 0 Å². The number of rotatable bonds is 14. The molecule has 26 heavy (non-hydrogen) atoms. The number of hydrogen-bond acceptors (Lipinski definition) is 6. The Morgan fingerprint density at radius 2 is 1.35 bits per heavy atom. The van der Waals surface area contributed by atoms with E-state index in [1.807, 2.05) is 21.6 Å². The lowest BCUT2D eigenvalue weighted by atomic mass is 10.2. The van der Waals surface area contributed by atoms with Gasteiger partial charge in [-0.1, -0.05) is 55.2 Å². The molecule has 0 bridgehead atoms. The summed E-state index contributed by atoms with van der Waals surface area (Å²) in [5.74, 6) is 4.52. The Hall–Kier alpha value is 0.530. The van der Waals surface area contributed by atoms with E-state index in [0.717, 1.165) is 63.4 Å². The molecule has 1 aliphatic rings. The first-order valence-corrected chi connectivity index (χ1v) is 13.6. The molecule has 0 unspecified atom stereocenters. The summed E-state index contributed by atoms with van der Waals surface area (Å²) in [5.41, 5.74) is 0. The Morgan fingerprint density at radius 1 is 0.885 bits per heavy atom. The van der Waals surface area contributed by atoms with Gasteiger partial charge < -0.3 is 9.26 Å². The van der Waals surface area contributed by atoms with Crippen molar-refractivity contribution < 1.29 is 9.26 Å². The Bertz CT molecular complexity index is 370. The molecule has 1 saturated heterocycles. The van der Waals surface area contributed by atoms with Gasteiger partial charge in [0.2, 0.25) is 0 Å². The van der Waals surface area contributed by atoms with Gasteiger partial charge in [0.05, 0.1) is 6.10 Å². The maximum atomic E-state index is 6.82. The molecule has 0 aromatic heterocycles. The van der Waals surface area contributed by atoms with Crippen LogP contribution in [-0.2, 0) is 9.26 Å². The maximum Gasteiger partial charge on any atom is 0.188 e. The molecule has 0 aliphatic carbocycles. The lowest BCUT2D eigenvalue weighted by molar-refractivity contribution is 0.0107. The molecule has 1 aliphatic heterocycles. The predicted molar refractivity (Wildman–Crippen MR) is 120 cm³/mol. The fourth-order valence-electron chi connectivity index (χ4n) is 2.89. The monoisotopic (exact) mass is 420 g/mol. The fraction of sp³-hybridized carbons (Fsp3) is 0.895. The molecule has 0 radical (unpaired) electrons. The fourth-order valence-corrected chi connectivity index (χ4v) is 7.98. The van der Waals surface area contributed by atoms with Gasteiger partial charge in [-0.05, 0) is 25.7 Å². The van der Waals surface area contributed by atoms with Crippen molar-refractivity contribution in [3.8, 4) is 12.3 Å². The van der Waals surface area contributed by atoms with Crippen molar-refractivity contribution in [3.05, 3.63) is 0 Å². The molecule has 1 fully saturated rings. The van der Waals surface area contributed by atoms with Crippen molar-refractivity contribution in [2.45, 2.75) is 65.6 Å². The zero-order valence-corrected chi connectivity index (χ0v) is 19.5. The number of ether oxygens (including phenoxy) is 1. The molecule has 0 aromatic carbocycles. The SMILES string of the molecule is C#CCO[C@H]1CSSC[C@@H]1OP(N(CCC)CCC)N(CCC)CCC. The Labute approximate surface area is 170 Å². The summed E-state index contributed by atoms with van der Waals surface area (Å²) in [4.78, 5) is 0. The summed E-state index contributed by atoms with van der Waals surface area (Å²) in [6, 6.07) is 0. The highest BCUT2D eigenvalue weighted by Gasteiger charge is 2.34. The van der Waals surface area contributed by atoms with Crippen LogP contribution in [0.3, 0.4) is 0 Å². The molecule has 0 N–H and O–H groups in total. The van der Waals surface area contributed by atoms with E-state index in [9.17, 15) is 0 Å². The van der Waals surface area contributed by atoms with Crippen LogP contribution in [-0.4, -0.2) is 65.8 Å². The first-order valence-electron chi connectivity index (χ1n) is 9.97. The Kier molecular flexibility index (Phi) is 14.6. The van der Waals surface area contributed by atoms with Crippen molar-refractivity contribution in [3.63, 3.8) is 0 Å². The zero-order chi connectivity index (χ0) is 19.2. The van der Waals surface area contributed by atoms with Gasteiger partial charge in [0.25, 0.3) is 0 Å². The van der Waals surface area contributed by atoms with E-state index in [-0.39, 0.29) is 12.2 Å². The molecule has 0 aromatic rings. The summed E-state index contributed by atoms with van der Waals surface area (Å²) >= 11 is 0. The van der Waals surface area contributed by atoms with Crippen molar-refractivity contribution in [2.24, 2.45) is 0 Å². The van der Waals surface area contributed by atoms with Gasteiger partial charge in [0.1, 0.15) is 12.7 Å². The molecule has 1 rings (SSSR count). The summed E-state index contributed by atoms with van der Waals surface area (Å²) in [6.07, 6.45) is 10.2. The molecule has 7 heteroatoms. The van der Waals surface area contributed by atoms with Crippen molar-refractivity contribution >= 4 is 30.0 Å². The van der Waals surface area contributed by atoms with E-state index in [0.29, 0.717) is 6.61 Å². The smallest absolute Gasteiger partial charge is 0.188 e. The minimum Gasteiger partial charge on any atom is -0.362 e. The summed E-state index contributed by atoms with van der Waals surface area (Å²) in [5, 5.41) is 0. The molecular weight excluding hydrogens is 383 g/mol. The van der Waals surface area contributed by atoms with Crippen LogP contribution in [0.2, 0.25) is 0 Å². The van der Waals surface area contributed by atoms with Gasteiger partial charge in [-0.15, -0.1) is 6.42 Å². The van der Waals surface area contributed by atoms with E-state index >= 15 is 0 Å². The summed E-state index contributed by atoms with van der Waals surface area (Å²) in [7, 11) is 2.99. The highest BCUT2D eigenvalue weighted by atomic mass is 33.1. The molecule has 0 amide bonds. The van der Waals surface area contributed by atoms with Crippen molar-refractivity contribution in [1.82, 2.24) is 9.34 Å². The van der Waals surface area contributed by atoms with Crippen LogP contribution in [0.5, 0.6) is 0 Å². The third kappa shape index (κ3) is 8.69. The van der Waals surface area contributed by atoms with Gasteiger partial charge >= 0.3 is 0 Å². The largest absolute Gasteiger partial charge is 0.362 e. The summed E-state index contributed by atoms with van der Waals surface area (Å²) < 4.78 is 17.9. The molecule has 0 spiro atoms. The van der Waals surface area contributed by atoms with Crippen LogP contribution in [0.15, 0.2) is 0 Å². The minimum absolute atomic E-state index is 0.0949. The average Bonchev–Trinajstić information content (AvgIpc) is 2.65. The minimum atomic E-state index is -0.763. The molecule has 1 heterocycles. The van der Waals surface area contributed by atoms with E-state index in [2.05, 4.69) is 43.0 Å². The highest BCUT2D eigenvalue weighted by Crippen LogP contribution is 2.49. The van der Waals surface area contributed by atoms with Gasteiger partial charge in [0.15, 0.2) is 8.45 Å². The standard InChI is InChI=1S/C19H37N2O2PS2/c1-6-11-20(12-7-2)24(21(13-8-3)14-9-4)23-19-17-26-25-16-18(19)22-15-10-5/h5,18-19H,6-9,11-17H2,1-4H3/t18-,19-/m0/s1. The zero-order valence-electron chi connectivity index (χ0n) is 17.0. The molecular formula is C19H37N2O2PS2. The molecule has 152 valence electrons. The molecule has 0 saturated carbocycles. The van der Waals surface area contributed by atoms with Gasteiger partial charge in [0, 0.05) is 37.7 Å². The van der Waals surface area contributed by atoms with Crippen LogP contribution in [0.4, 0.5) is 0 Å². The van der Waals surface area contributed by atoms with Crippen LogP contribution < -0.4 is 0 Å². The van der Waals surface area contributed by atoms with Crippen molar-refractivity contribution in [2.75, 3.05) is 44.3 Å². The van der Waals surface area contributed by atoms with E-state index in [1.54, 1.807) is 0 Å². The number of nitrogens with zero attached hydrogens (tertiary/aromatic N) is 2. The van der Waals surface area contributed by atoms with Crippen LogP contribution in [0.25, 0.3) is 0 Å². The molecule has 4 nitrogen and oxygen atoms in total. The van der Waals surface area contributed by atoms with Gasteiger partial charge in [-0.25, -0.2) is 9.34 Å².